The van der Waals surface area contributed by atoms with E-state index in [4.69, 9.17) is 10.3 Å². The van der Waals surface area contributed by atoms with Gasteiger partial charge in [-0.05, 0) is 29.6 Å². The molecule has 3 N–H and O–H groups in total. The Kier molecular flexibility index (Phi) is 3.88. The largest absolute Gasteiger partial charge is 0.469 e. The highest BCUT2D eigenvalue weighted by molar-refractivity contribution is 7.05. The van der Waals surface area contributed by atoms with Crippen LogP contribution in [-0.2, 0) is 6.42 Å². The van der Waals surface area contributed by atoms with Gasteiger partial charge in [0.25, 0.3) is 0 Å². The number of hydrazine groups is 1. The Balaban J connectivity index is 2.20. The monoisotopic (exact) mass is 252 g/mol. The molecule has 0 saturated heterocycles. The van der Waals surface area contributed by atoms with Gasteiger partial charge in [-0.15, -0.1) is 5.10 Å². The molecule has 2 heterocycles. The van der Waals surface area contributed by atoms with Crippen LogP contribution in [-0.4, -0.2) is 9.59 Å². The first kappa shape index (κ1) is 12.2. The predicted molar refractivity (Wildman–Crippen MR) is 66.5 cm³/mol. The second kappa shape index (κ2) is 5.39. The molecule has 5 nitrogen and oxygen atoms in total. The molecular weight excluding hydrogens is 236 g/mol. The van der Waals surface area contributed by atoms with Crippen LogP contribution in [0.15, 0.2) is 22.8 Å². The molecule has 0 amide bonds. The number of aromatic nitrogens is 2. The van der Waals surface area contributed by atoms with Crippen molar-refractivity contribution < 1.29 is 4.42 Å². The normalized spacial score (nSPS) is 13.2. The van der Waals surface area contributed by atoms with E-state index in [1.807, 2.05) is 12.1 Å². The molecule has 0 aliphatic heterocycles. The maximum atomic E-state index is 5.61. The van der Waals surface area contributed by atoms with E-state index < -0.39 is 0 Å². The minimum atomic E-state index is -0.00134. The number of furan rings is 1. The Bertz CT molecular complexity index is 452. The summed E-state index contributed by atoms with van der Waals surface area (Å²) in [5.41, 5.74) is 3.81. The second-order valence-corrected chi connectivity index (χ2v) is 4.97. The molecule has 0 aromatic carbocycles. The van der Waals surface area contributed by atoms with Crippen LogP contribution >= 0.6 is 11.5 Å². The van der Waals surface area contributed by atoms with Crippen molar-refractivity contribution in [2.75, 3.05) is 0 Å². The Morgan fingerprint density at radius 1 is 1.53 bits per heavy atom. The van der Waals surface area contributed by atoms with E-state index in [9.17, 15) is 0 Å². The lowest BCUT2D eigenvalue weighted by Crippen LogP contribution is -2.29. The van der Waals surface area contributed by atoms with Gasteiger partial charge in [0.2, 0.25) is 0 Å². The molecule has 2 aromatic rings. The van der Waals surface area contributed by atoms with E-state index in [0.29, 0.717) is 12.3 Å². The van der Waals surface area contributed by atoms with Crippen molar-refractivity contribution in [1.82, 2.24) is 15.0 Å². The molecule has 2 rings (SSSR count). The summed E-state index contributed by atoms with van der Waals surface area (Å²) in [6.07, 6.45) is 2.37. The van der Waals surface area contributed by atoms with E-state index in [0.717, 1.165) is 16.3 Å². The number of rotatable bonds is 5. The number of hydrogen-bond donors (Lipinski definition) is 2. The zero-order valence-electron chi connectivity index (χ0n) is 9.88. The summed E-state index contributed by atoms with van der Waals surface area (Å²) in [6, 6.07) is 3.81. The third-order valence-corrected chi connectivity index (χ3v) is 3.44. The molecule has 0 spiro atoms. The third kappa shape index (κ3) is 2.71. The van der Waals surface area contributed by atoms with Crippen LogP contribution in [0.3, 0.4) is 0 Å². The fourth-order valence-corrected chi connectivity index (χ4v) is 2.57. The van der Waals surface area contributed by atoms with E-state index in [-0.39, 0.29) is 6.04 Å². The molecule has 2 aromatic heterocycles. The Hall–Kier alpha value is -1.24. The highest BCUT2D eigenvalue weighted by atomic mass is 32.1. The number of hydrogen-bond acceptors (Lipinski definition) is 6. The zero-order chi connectivity index (χ0) is 12.3. The van der Waals surface area contributed by atoms with E-state index in [2.05, 4.69) is 28.9 Å². The molecule has 6 heteroatoms. The lowest BCUT2D eigenvalue weighted by Gasteiger charge is -2.14. The first-order chi connectivity index (χ1) is 8.22. The Morgan fingerprint density at radius 2 is 2.35 bits per heavy atom. The third-order valence-electron chi connectivity index (χ3n) is 2.59. The van der Waals surface area contributed by atoms with Gasteiger partial charge in [0, 0.05) is 6.42 Å². The molecule has 1 unspecified atom stereocenters. The van der Waals surface area contributed by atoms with Crippen LogP contribution in [0.25, 0.3) is 0 Å². The van der Waals surface area contributed by atoms with Gasteiger partial charge in [0.1, 0.15) is 5.76 Å². The van der Waals surface area contributed by atoms with Crippen molar-refractivity contribution in [2.45, 2.75) is 32.2 Å². The second-order valence-electron chi connectivity index (χ2n) is 4.18. The highest BCUT2D eigenvalue weighted by Crippen LogP contribution is 2.28. The summed E-state index contributed by atoms with van der Waals surface area (Å²) < 4.78 is 9.34. The van der Waals surface area contributed by atoms with Gasteiger partial charge in [-0.1, -0.05) is 18.3 Å². The summed E-state index contributed by atoms with van der Waals surface area (Å²) >= 11 is 1.39. The summed E-state index contributed by atoms with van der Waals surface area (Å²) in [4.78, 5) is 1.08. The van der Waals surface area contributed by atoms with Crippen LogP contribution in [0.2, 0.25) is 0 Å². The molecular formula is C11H16N4OS. The van der Waals surface area contributed by atoms with Crippen LogP contribution in [0.5, 0.6) is 0 Å². The van der Waals surface area contributed by atoms with Crippen LogP contribution < -0.4 is 11.3 Å². The minimum absolute atomic E-state index is 0.00134. The van der Waals surface area contributed by atoms with Gasteiger partial charge in [0.05, 0.1) is 22.9 Å². The lowest BCUT2D eigenvalue weighted by atomic mass is 10.0. The standard InChI is InChI=1S/C11H16N4OS/c1-7(2)10-11(17-15-14-10)9(13-12)6-8-4-3-5-16-8/h3-5,7,9,13H,6,12H2,1-2H3. The molecule has 1 atom stereocenters. The first-order valence-electron chi connectivity index (χ1n) is 5.53. The topological polar surface area (TPSA) is 77.0 Å². The van der Waals surface area contributed by atoms with Gasteiger partial charge in [-0.25, -0.2) is 0 Å². The molecule has 0 bridgehead atoms. The Morgan fingerprint density at radius 3 is 2.94 bits per heavy atom. The average Bonchev–Trinajstić information content (AvgIpc) is 2.96. The van der Waals surface area contributed by atoms with Crippen molar-refractivity contribution in [3.63, 3.8) is 0 Å². The van der Waals surface area contributed by atoms with Crippen molar-refractivity contribution in [3.05, 3.63) is 34.7 Å². The van der Waals surface area contributed by atoms with Gasteiger partial charge in [-0.2, -0.15) is 0 Å². The van der Waals surface area contributed by atoms with Crippen molar-refractivity contribution in [2.24, 2.45) is 5.84 Å². The average molecular weight is 252 g/mol. The molecule has 17 heavy (non-hydrogen) atoms. The maximum absolute atomic E-state index is 5.61. The van der Waals surface area contributed by atoms with E-state index in [1.54, 1.807) is 6.26 Å². The van der Waals surface area contributed by atoms with Crippen LogP contribution in [0, 0.1) is 0 Å². The maximum Gasteiger partial charge on any atom is 0.105 e. The van der Waals surface area contributed by atoms with Crippen molar-refractivity contribution in [3.8, 4) is 0 Å². The molecule has 0 fully saturated rings. The Labute approximate surface area is 104 Å². The van der Waals surface area contributed by atoms with Gasteiger partial charge >= 0.3 is 0 Å². The van der Waals surface area contributed by atoms with Gasteiger partial charge < -0.3 is 4.42 Å². The smallest absolute Gasteiger partial charge is 0.105 e. The summed E-state index contributed by atoms with van der Waals surface area (Å²) in [5.74, 6) is 6.85. The van der Waals surface area contributed by atoms with Crippen LogP contribution in [0.4, 0.5) is 0 Å². The fraction of sp³-hybridized carbons (Fsp3) is 0.455. The highest BCUT2D eigenvalue weighted by Gasteiger charge is 2.21. The van der Waals surface area contributed by atoms with Crippen molar-refractivity contribution >= 4 is 11.5 Å². The summed E-state index contributed by atoms with van der Waals surface area (Å²) in [6.45, 7) is 4.20. The zero-order valence-corrected chi connectivity index (χ0v) is 10.7. The van der Waals surface area contributed by atoms with E-state index >= 15 is 0 Å². The molecule has 92 valence electrons. The molecule has 0 radical (unpaired) electrons. The first-order valence-corrected chi connectivity index (χ1v) is 6.30. The van der Waals surface area contributed by atoms with Crippen molar-refractivity contribution in [1.29, 1.82) is 0 Å². The summed E-state index contributed by atoms with van der Waals surface area (Å²) in [5, 5.41) is 4.16. The van der Waals surface area contributed by atoms with Gasteiger partial charge in [0.15, 0.2) is 0 Å². The molecule has 0 aliphatic rings. The predicted octanol–water partition coefficient (Wildman–Crippen LogP) is 2.00. The SMILES string of the molecule is CC(C)c1nnsc1C(Cc1ccco1)NN. The minimum Gasteiger partial charge on any atom is -0.469 e. The number of nitrogens with one attached hydrogen (secondary N) is 1. The lowest BCUT2D eigenvalue weighted by molar-refractivity contribution is 0.455. The quantitative estimate of drug-likeness (QED) is 0.628. The van der Waals surface area contributed by atoms with Crippen LogP contribution in [0.1, 0.15) is 42.1 Å². The number of nitrogens with two attached hydrogens (primary N) is 1. The van der Waals surface area contributed by atoms with E-state index in [1.165, 1.54) is 11.5 Å². The summed E-state index contributed by atoms with van der Waals surface area (Å²) in [7, 11) is 0. The number of nitrogens with zero attached hydrogens (tertiary/aromatic N) is 2. The molecule has 0 saturated carbocycles. The fourth-order valence-electron chi connectivity index (χ4n) is 1.70. The molecule has 0 aliphatic carbocycles. The van der Waals surface area contributed by atoms with Gasteiger partial charge in [-0.3, -0.25) is 11.3 Å².